The van der Waals surface area contributed by atoms with E-state index >= 15 is 0 Å². The molecule has 3 aromatic rings. The number of carbonyl (C=O) groups excluding carboxylic acids is 2. The molecule has 1 aromatic carbocycles. The first-order chi connectivity index (χ1) is 12.9. The van der Waals surface area contributed by atoms with E-state index in [-0.39, 0.29) is 43.5 Å². The fourth-order valence-electron chi connectivity index (χ4n) is 3.00. The number of fused-ring (bicyclic) bond motifs is 2. The van der Waals surface area contributed by atoms with E-state index in [0.29, 0.717) is 11.3 Å². The molecule has 0 unspecified atom stereocenters. The first-order valence-electron chi connectivity index (χ1n) is 7.50. The summed E-state index contributed by atoms with van der Waals surface area (Å²) < 4.78 is 0. The van der Waals surface area contributed by atoms with Crippen molar-refractivity contribution in [3.63, 3.8) is 0 Å². The highest BCUT2D eigenvalue weighted by Gasteiger charge is 2.38. The number of aromatic nitrogens is 1. The zero-order valence-electron chi connectivity index (χ0n) is 13.2. The molecule has 2 aromatic heterocycles. The molecule has 0 amide bonds. The number of nitrogens with zero attached hydrogens (tertiary/aromatic N) is 3. The van der Waals surface area contributed by atoms with Crippen LogP contribution in [0.15, 0.2) is 42.6 Å². The summed E-state index contributed by atoms with van der Waals surface area (Å²) in [5.41, 5.74) is -0.202. The van der Waals surface area contributed by atoms with Crippen molar-refractivity contribution in [1.82, 2.24) is 4.98 Å². The number of pyridine rings is 1. The second kappa shape index (κ2) is 5.88. The van der Waals surface area contributed by atoms with Crippen molar-refractivity contribution in [2.45, 2.75) is 0 Å². The quantitative estimate of drug-likeness (QED) is 0.392. The van der Waals surface area contributed by atoms with E-state index in [1.807, 2.05) is 0 Å². The maximum Gasteiger partial charge on any atom is 0.325 e. The van der Waals surface area contributed by atoms with Gasteiger partial charge in [-0.1, -0.05) is 23.5 Å². The third-order valence-corrected chi connectivity index (χ3v) is 5.22. The van der Waals surface area contributed by atoms with Gasteiger partial charge < -0.3 is 0 Å². The van der Waals surface area contributed by atoms with Gasteiger partial charge in [-0.2, -0.15) is 0 Å². The highest BCUT2D eigenvalue weighted by atomic mass is 32.1. The SMILES string of the molecule is O=C1c2cc([N+](=O)[O-])sc2C(=O)c2c(-c3ccccc3[N+](=O)[O-])ccnc21. The molecule has 0 saturated heterocycles. The number of rotatable bonds is 3. The largest absolute Gasteiger partial charge is 0.325 e. The Bertz CT molecular complexity index is 1180. The number of thiophene rings is 1. The minimum atomic E-state index is -0.676. The molecular formula is C17H7N3O6S. The van der Waals surface area contributed by atoms with E-state index in [9.17, 15) is 29.8 Å². The molecule has 0 bridgehead atoms. The Morgan fingerprint density at radius 1 is 0.889 bits per heavy atom. The van der Waals surface area contributed by atoms with Gasteiger partial charge in [-0.25, -0.2) is 0 Å². The summed E-state index contributed by atoms with van der Waals surface area (Å²) in [4.78, 5) is 50.7. The van der Waals surface area contributed by atoms with Gasteiger partial charge in [-0.15, -0.1) is 0 Å². The third kappa shape index (κ3) is 2.42. The van der Waals surface area contributed by atoms with Crippen molar-refractivity contribution in [3.05, 3.63) is 84.5 Å². The summed E-state index contributed by atoms with van der Waals surface area (Å²) in [5.74, 6) is -1.23. The van der Waals surface area contributed by atoms with Gasteiger partial charge in [-0.3, -0.25) is 34.8 Å². The number of hydrogen-bond acceptors (Lipinski definition) is 8. The Morgan fingerprint density at radius 3 is 2.33 bits per heavy atom. The van der Waals surface area contributed by atoms with Crippen LogP contribution in [0.25, 0.3) is 11.1 Å². The predicted octanol–water partition coefficient (Wildman–Crippen LogP) is 3.40. The van der Waals surface area contributed by atoms with E-state index in [1.165, 1.54) is 30.5 Å². The van der Waals surface area contributed by atoms with E-state index in [1.54, 1.807) is 6.07 Å². The molecule has 0 radical (unpaired) electrons. The summed E-state index contributed by atoms with van der Waals surface area (Å²) in [7, 11) is 0. The number of nitro benzene ring substituents is 1. The minimum Gasteiger partial charge on any atom is -0.288 e. The highest BCUT2D eigenvalue weighted by molar-refractivity contribution is 7.18. The van der Waals surface area contributed by atoms with Crippen LogP contribution in [-0.2, 0) is 0 Å². The molecule has 2 heterocycles. The van der Waals surface area contributed by atoms with Gasteiger partial charge in [0.15, 0.2) is 0 Å². The Morgan fingerprint density at radius 2 is 1.63 bits per heavy atom. The molecule has 4 rings (SSSR count). The lowest BCUT2D eigenvalue weighted by Crippen LogP contribution is -2.21. The van der Waals surface area contributed by atoms with Crippen LogP contribution in [0, 0.1) is 20.2 Å². The molecule has 0 atom stereocenters. The number of benzene rings is 1. The number of ketones is 2. The van der Waals surface area contributed by atoms with Crippen molar-refractivity contribution < 1.29 is 19.4 Å². The van der Waals surface area contributed by atoms with Gasteiger partial charge in [-0.05, 0) is 12.1 Å². The maximum absolute atomic E-state index is 13.0. The summed E-state index contributed by atoms with van der Waals surface area (Å²) in [6.45, 7) is 0. The zero-order chi connectivity index (χ0) is 19.3. The first-order valence-corrected chi connectivity index (χ1v) is 8.32. The Labute approximate surface area is 154 Å². The molecule has 0 spiro atoms. The van der Waals surface area contributed by atoms with E-state index < -0.39 is 21.4 Å². The van der Waals surface area contributed by atoms with E-state index in [4.69, 9.17) is 0 Å². The van der Waals surface area contributed by atoms with Crippen LogP contribution in [0.1, 0.15) is 31.3 Å². The van der Waals surface area contributed by atoms with Crippen LogP contribution in [0.3, 0.4) is 0 Å². The molecule has 132 valence electrons. The second-order valence-corrected chi connectivity index (χ2v) is 6.63. The summed E-state index contributed by atoms with van der Waals surface area (Å²) >= 11 is 0.602. The van der Waals surface area contributed by atoms with Crippen molar-refractivity contribution >= 4 is 33.6 Å². The predicted molar refractivity (Wildman–Crippen MR) is 94.2 cm³/mol. The smallest absolute Gasteiger partial charge is 0.288 e. The van der Waals surface area contributed by atoms with Gasteiger partial charge in [0.25, 0.3) is 5.69 Å². The van der Waals surface area contributed by atoms with Crippen molar-refractivity contribution in [1.29, 1.82) is 0 Å². The fraction of sp³-hybridized carbons (Fsp3) is 0. The van der Waals surface area contributed by atoms with Crippen molar-refractivity contribution in [3.8, 4) is 11.1 Å². The van der Waals surface area contributed by atoms with Gasteiger partial charge in [0.05, 0.1) is 31.4 Å². The van der Waals surface area contributed by atoms with Crippen LogP contribution in [0.5, 0.6) is 0 Å². The Kier molecular flexibility index (Phi) is 3.63. The average Bonchev–Trinajstić information content (AvgIpc) is 3.12. The van der Waals surface area contributed by atoms with E-state index in [0.717, 1.165) is 6.07 Å². The molecule has 0 fully saturated rings. The number of para-hydroxylation sites is 1. The molecule has 0 saturated carbocycles. The van der Waals surface area contributed by atoms with Gasteiger partial charge >= 0.3 is 5.00 Å². The van der Waals surface area contributed by atoms with Crippen LogP contribution in [0.2, 0.25) is 0 Å². The number of hydrogen-bond donors (Lipinski definition) is 0. The molecule has 1 aliphatic rings. The molecule has 27 heavy (non-hydrogen) atoms. The molecule has 0 N–H and O–H groups in total. The number of nitro groups is 2. The van der Waals surface area contributed by atoms with Crippen LogP contribution >= 0.6 is 11.3 Å². The summed E-state index contributed by atoms with van der Waals surface area (Å²) in [6.07, 6.45) is 1.28. The zero-order valence-corrected chi connectivity index (χ0v) is 14.1. The van der Waals surface area contributed by atoms with Crippen LogP contribution < -0.4 is 0 Å². The topological polar surface area (TPSA) is 133 Å². The Balaban J connectivity index is 1.99. The lowest BCUT2D eigenvalue weighted by atomic mass is 9.87. The molecule has 10 heteroatoms. The van der Waals surface area contributed by atoms with Gasteiger partial charge in [0, 0.05) is 23.9 Å². The lowest BCUT2D eigenvalue weighted by molar-refractivity contribution is -0.384. The molecule has 9 nitrogen and oxygen atoms in total. The van der Waals surface area contributed by atoms with E-state index in [2.05, 4.69) is 4.98 Å². The molecular weight excluding hydrogens is 374 g/mol. The van der Waals surface area contributed by atoms with Crippen LogP contribution in [0.4, 0.5) is 10.7 Å². The lowest BCUT2D eigenvalue weighted by Gasteiger charge is -2.16. The molecule has 1 aliphatic carbocycles. The standard InChI is InChI=1S/C17H7N3O6S/c21-15-10-7-12(20(25)26)27-17(10)16(22)13-9(5-6-18-14(13)15)8-3-1-2-4-11(8)19(23)24/h1-7H. The minimum absolute atomic E-state index is 0.0629. The Hall–Kier alpha value is -3.79. The van der Waals surface area contributed by atoms with Crippen molar-refractivity contribution in [2.75, 3.05) is 0 Å². The monoisotopic (exact) mass is 381 g/mol. The summed E-state index contributed by atoms with van der Waals surface area (Å²) in [5, 5.41) is 22.0. The summed E-state index contributed by atoms with van der Waals surface area (Å²) in [6, 6.07) is 8.30. The highest BCUT2D eigenvalue weighted by Crippen LogP contribution is 2.40. The first kappa shape index (κ1) is 16.7. The van der Waals surface area contributed by atoms with Gasteiger partial charge in [0.2, 0.25) is 11.6 Å². The maximum atomic E-state index is 13.0. The normalized spacial score (nSPS) is 12.4. The number of carbonyl (C=O) groups is 2. The second-order valence-electron chi connectivity index (χ2n) is 5.60. The molecule has 0 aliphatic heterocycles. The van der Waals surface area contributed by atoms with Crippen LogP contribution in [-0.4, -0.2) is 26.4 Å². The fourth-order valence-corrected chi connectivity index (χ4v) is 3.91. The van der Waals surface area contributed by atoms with Crippen molar-refractivity contribution in [2.24, 2.45) is 0 Å². The third-order valence-electron chi connectivity index (χ3n) is 4.13. The van der Waals surface area contributed by atoms with Gasteiger partial charge in [0.1, 0.15) is 5.69 Å². The average molecular weight is 381 g/mol.